The van der Waals surface area contributed by atoms with Crippen molar-refractivity contribution in [2.24, 2.45) is 0 Å². The van der Waals surface area contributed by atoms with E-state index in [1.54, 1.807) is 13.0 Å². The van der Waals surface area contributed by atoms with Crippen LogP contribution in [0.15, 0.2) is 48.1 Å². The zero-order valence-corrected chi connectivity index (χ0v) is 22.1. The highest BCUT2D eigenvalue weighted by atomic mass is 32.2. The number of hydrogen-bond donors (Lipinski definition) is 1. The summed E-state index contributed by atoms with van der Waals surface area (Å²) in [5, 5.41) is 12.7. The van der Waals surface area contributed by atoms with Crippen molar-refractivity contribution in [1.29, 1.82) is 0 Å². The van der Waals surface area contributed by atoms with Gasteiger partial charge in [0, 0.05) is 11.4 Å². The molecule has 10 heteroatoms. The van der Waals surface area contributed by atoms with Crippen molar-refractivity contribution in [3.63, 3.8) is 0 Å². The van der Waals surface area contributed by atoms with Gasteiger partial charge in [-0.25, -0.2) is 4.79 Å². The molecule has 2 aromatic heterocycles. The monoisotopic (exact) mass is 526 g/mol. The van der Waals surface area contributed by atoms with E-state index >= 15 is 0 Å². The number of anilines is 1. The number of hydrogen-bond acceptors (Lipinski definition) is 8. The lowest BCUT2D eigenvalue weighted by atomic mass is 9.95. The van der Waals surface area contributed by atoms with Gasteiger partial charge in [0.15, 0.2) is 17.1 Å². The third kappa shape index (κ3) is 5.99. The first-order chi connectivity index (χ1) is 17.5. The molecule has 0 saturated heterocycles. The van der Waals surface area contributed by atoms with Crippen molar-refractivity contribution in [1.82, 2.24) is 14.8 Å². The first-order valence-corrected chi connectivity index (χ1v) is 13.8. The van der Waals surface area contributed by atoms with Crippen LogP contribution in [0.5, 0.6) is 5.75 Å². The van der Waals surface area contributed by atoms with E-state index in [1.807, 2.05) is 41.8 Å². The number of aromatic nitrogens is 3. The van der Waals surface area contributed by atoms with Crippen molar-refractivity contribution in [3.05, 3.63) is 64.8 Å². The predicted molar refractivity (Wildman–Crippen MR) is 142 cm³/mol. The molecule has 1 unspecified atom stereocenters. The second kappa shape index (κ2) is 12.2. The van der Waals surface area contributed by atoms with Crippen LogP contribution < -0.4 is 10.1 Å². The largest absolute Gasteiger partial charge is 0.483 e. The molecule has 0 saturated carbocycles. The number of thiophene rings is 1. The molecular formula is C26H30N4O4S2. The van der Waals surface area contributed by atoms with E-state index in [1.165, 1.54) is 23.1 Å². The van der Waals surface area contributed by atoms with Crippen LogP contribution in [-0.2, 0) is 28.9 Å². The van der Waals surface area contributed by atoms with Crippen LogP contribution in [-0.4, -0.2) is 39.0 Å². The summed E-state index contributed by atoms with van der Waals surface area (Å²) in [6.45, 7) is 8.31. The van der Waals surface area contributed by atoms with Crippen LogP contribution >= 0.6 is 23.1 Å². The highest BCUT2D eigenvalue weighted by Crippen LogP contribution is 2.38. The highest BCUT2D eigenvalue weighted by molar-refractivity contribution is 7.99. The molecule has 1 aromatic carbocycles. The SMILES string of the molecule is C=CCn1c(SCC(=O)Nc2sc3c(c2C(=O)OCC)CCCC3)nnc1C(C)Oc1ccccc1. The third-order valence-corrected chi connectivity index (χ3v) is 7.89. The summed E-state index contributed by atoms with van der Waals surface area (Å²) in [4.78, 5) is 26.7. The molecule has 36 heavy (non-hydrogen) atoms. The fraction of sp³-hybridized carbons (Fsp3) is 0.385. The number of rotatable bonds is 11. The molecule has 0 bridgehead atoms. The minimum absolute atomic E-state index is 0.119. The predicted octanol–water partition coefficient (Wildman–Crippen LogP) is 5.45. The quantitative estimate of drug-likeness (QED) is 0.202. The maximum absolute atomic E-state index is 12.9. The van der Waals surface area contributed by atoms with Gasteiger partial charge in [0.1, 0.15) is 10.8 Å². The summed E-state index contributed by atoms with van der Waals surface area (Å²) in [5.41, 5.74) is 1.54. The molecule has 1 atom stereocenters. The maximum Gasteiger partial charge on any atom is 0.341 e. The number of carbonyl (C=O) groups is 2. The van der Waals surface area contributed by atoms with Crippen molar-refractivity contribution in [2.45, 2.75) is 57.3 Å². The molecule has 2 heterocycles. The van der Waals surface area contributed by atoms with Gasteiger partial charge in [-0.2, -0.15) is 0 Å². The molecular weight excluding hydrogens is 496 g/mol. The van der Waals surface area contributed by atoms with Gasteiger partial charge in [0.05, 0.1) is 17.9 Å². The van der Waals surface area contributed by atoms with E-state index in [0.29, 0.717) is 34.7 Å². The summed E-state index contributed by atoms with van der Waals surface area (Å²) >= 11 is 2.76. The number of aryl methyl sites for hydroxylation is 1. The second-order valence-electron chi connectivity index (χ2n) is 8.29. The van der Waals surface area contributed by atoms with E-state index < -0.39 is 0 Å². The number of para-hydroxylation sites is 1. The number of thioether (sulfide) groups is 1. The Bertz CT molecular complexity index is 1220. The normalized spacial score (nSPS) is 13.5. The van der Waals surface area contributed by atoms with Gasteiger partial charge in [-0.15, -0.1) is 28.1 Å². The van der Waals surface area contributed by atoms with Gasteiger partial charge in [-0.3, -0.25) is 9.36 Å². The Balaban J connectivity index is 1.45. The van der Waals surface area contributed by atoms with Gasteiger partial charge in [-0.05, 0) is 57.2 Å². The average Bonchev–Trinajstić information content (AvgIpc) is 3.44. The van der Waals surface area contributed by atoms with Gasteiger partial charge in [-0.1, -0.05) is 36.0 Å². The van der Waals surface area contributed by atoms with Gasteiger partial charge < -0.3 is 14.8 Å². The fourth-order valence-electron chi connectivity index (χ4n) is 4.13. The lowest BCUT2D eigenvalue weighted by molar-refractivity contribution is -0.113. The number of nitrogens with one attached hydrogen (secondary N) is 1. The van der Waals surface area contributed by atoms with Crippen LogP contribution in [0.3, 0.4) is 0 Å². The molecule has 1 N–H and O–H groups in total. The van der Waals surface area contributed by atoms with E-state index in [0.717, 1.165) is 41.9 Å². The Morgan fingerprint density at radius 2 is 2.03 bits per heavy atom. The molecule has 1 aliphatic rings. The zero-order chi connectivity index (χ0) is 25.5. The van der Waals surface area contributed by atoms with Gasteiger partial charge >= 0.3 is 5.97 Å². The summed E-state index contributed by atoms with van der Waals surface area (Å²) in [6.07, 6.45) is 5.30. The number of fused-ring (bicyclic) bond motifs is 1. The molecule has 3 aromatic rings. The topological polar surface area (TPSA) is 95.3 Å². The highest BCUT2D eigenvalue weighted by Gasteiger charge is 2.27. The van der Waals surface area contributed by atoms with E-state index in [2.05, 4.69) is 22.1 Å². The van der Waals surface area contributed by atoms with Crippen molar-refractivity contribution in [3.8, 4) is 5.75 Å². The minimum atomic E-state index is -0.373. The average molecular weight is 527 g/mol. The summed E-state index contributed by atoms with van der Waals surface area (Å²) in [6, 6.07) is 9.52. The summed E-state index contributed by atoms with van der Waals surface area (Å²) < 4.78 is 13.2. The number of allylic oxidation sites excluding steroid dienone is 1. The Morgan fingerprint density at radius 1 is 1.25 bits per heavy atom. The standard InChI is InChI=1S/C26H30N4O4S2/c1-4-15-30-23(17(3)34-18-11-7-6-8-12-18)28-29-26(30)35-16-21(31)27-24-22(25(32)33-5-2)19-13-9-10-14-20(19)36-24/h4,6-8,11-12,17H,1,5,9-10,13-16H2,2-3H3,(H,27,31). The third-order valence-electron chi connectivity index (χ3n) is 5.71. The summed E-state index contributed by atoms with van der Waals surface area (Å²) in [5.74, 6) is 0.920. The second-order valence-corrected chi connectivity index (χ2v) is 10.3. The van der Waals surface area contributed by atoms with Gasteiger partial charge in [0.2, 0.25) is 5.91 Å². The van der Waals surface area contributed by atoms with Crippen LogP contribution in [0.1, 0.15) is 59.4 Å². The molecule has 190 valence electrons. The van der Waals surface area contributed by atoms with Crippen LogP contribution in [0.25, 0.3) is 0 Å². The molecule has 0 fully saturated rings. The Kier molecular flexibility index (Phi) is 8.82. The number of carbonyl (C=O) groups excluding carboxylic acids is 2. The Hall–Kier alpha value is -3.11. The smallest absolute Gasteiger partial charge is 0.341 e. The first-order valence-electron chi connectivity index (χ1n) is 12.0. The van der Waals surface area contributed by atoms with E-state index in [9.17, 15) is 9.59 Å². The van der Waals surface area contributed by atoms with Crippen molar-refractivity contribution < 1.29 is 19.1 Å². The van der Waals surface area contributed by atoms with Crippen LogP contribution in [0, 0.1) is 0 Å². The first kappa shape index (κ1) is 26.0. The summed E-state index contributed by atoms with van der Waals surface area (Å²) in [7, 11) is 0. The minimum Gasteiger partial charge on any atom is -0.483 e. The Labute approximate surface area is 219 Å². The fourth-order valence-corrected chi connectivity index (χ4v) is 6.18. The zero-order valence-electron chi connectivity index (χ0n) is 20.5. The van der Waals surface area contributed by atoms with E-state index in [4.69, 9.17) is 9.47 Å². The van der Waals surface area contributed by atoms with Crippen LogP contribution in [0.4, 0.5) is 5.00 Å². The molecule has 1 aliphatic carbocycles. The van der Waals surface area contributed by atoms with Crippen molar-refractivity contribution in [2.75, 3.05) is 17.7 Å². The molecule has 0 aliphatic heterocycles. The number of ether oxygens (including phenoxy) is 2. The molecule has 0 spiro atoms. The molecule has 1 amide bonds. The number of amides is 1. The lowest BCUT2D eigenvalue weighted by Crippen LogP contribution is -2.17. The number of nitrogens with zero attached hydrogens (tertiary/aromatic N) is 3. The Morgan fingerprint density at radius 3 is 2.78 bits per heavy atom. The van der Waals surface area contributed by atoms with Crippen molar-refractivity contribution >= 4 is 40.0 Å². The van der Waals surface area contributed by atoms with Gasteiger partial charge in [0.25, 0.3) is 0 Å². The van der Waals surface area contributed by atoms with Crippen LogP contribution in [0.2, 0.25) is 0 Å². The molecule has 4 rings (SSSR count). The maximum atomic E-state index is 12.9. The number of benzene rings is 1. The number of esters is 1. The lowest BCUT2D eigenvalue weighted by Gasteiger charge is -2.15. The molecule has 8 nitrogen and oxygen atoms in total. The van der Waals surface area contributed by atoms with E-state index in [-0.39, 0.29) is 23.7 Å². The molecule has 0 radical (unpaired) electrons.